The molecule has 0 aliphatic heterocycles. The van der Waals surface area contributed by atoms with Crippen molar-refractivity contribution in [3.05, 3.63) is 0 Å². The number of nitrogens with one attached hydrogen (secondary N) is 1. The molecule has 1 aliphatic carbocycles. The fraction of sp³-hybridized carbons (Fsp3) is 1.00. The summed E-state index contributed by atoms with van der Waals surface area (Å²) in [6.07, 6.45) is 1.39. The Balaban J connectivity index is 2.18. The minimum absolute atomic E-state index is 0.553. The third kappa shape index (κ3) is 1.23. The van der Waals surface area contributed by atoms with Crippen molar-refractivity contribution in [2.24, 2.45) is 11.8 Å². The van der Waals surface area contributed by atoms with Crippen molar-refractivity contribution in [3.63, 3.8) is 0 Å². The Morgan fingerprint density at radius 3 is 2.38 bits per heavy atom. The van der Waals surface area contributed by atoms with Gasteiger partial charge in [0, 0.05) is 0 Å². The molecule has 0 aromatic carbocycles. The predicted molar refractivity (Wildman–Crippen MR) is 39.0 cm³/mol. The zero-order chi connectivity index (χ0) is 6.15. The molecule has 1 rings (SSSR count). The monoisotopic (exact) mass is 177 g/mol. The Bertz CT molecular complexity index is 82.6. The molecule has 1 nitrogen and oxygen atoms in total. The van der Waals surface area contributed by atoms with E-state index in [1.165, 1.54) is 6.42 Å². The largest absolute Gasteiger partial charge is 0.308 e. The molecule has 3 atom stereocenters. The maximum absolute atomic E-state index is 3.53. The van der Waals surface area contributed by atoms with Crippen molar-refractivity contribution in [2.75, 3.05) is 7.05 Å². The van der Waals surface area contributed by atoms with E-state index in [9.17, 15) is 0 Å². The van der Waals surface area contributed by atoms with Gasteiger partial charge < -0.3 is 5.32 Å². The highest BCUT2D eigenvalue weighted by molar-refractivity contribution is 9.09. The minimum atomic E-state index is 0.553. The fourth-order valence-corrected chi connectivity index (χ4v) is 1.71. The highest BCUT2D eigenvalue weighted by atomic mass is 79.9. The SMILES string of the molecule is CNC(Br)C1CC1C. The van der Waals surface area contributed by atoms with Crippen LogP contribution in [0.1, 0.15) is 13.3 Å². The zero-order valence-electron chi connectivity index (χ0n) is 5.32. The lowest BCUT2D eigenvalue weighted by atomic mass is 10.3. The first-order valence-corrected chi connectivity index (χ1v) is 3.98. The smallest absolute Gasteiger partial charge is 0.0659 e. The topological polar surface area (TPSA) is 12.0 Å². The molecule has 0 aromatic rings. The summed E-state index contributed by atoms with van der Waals surface area (Å²) in [6.45, 7) is 2.29. The van der Waals surface area contributed by atoms with Crippen LogP contribution in [-0.4, -0.2) is 12.0 Å². The Hall–Kier alpha value is 0.440. The van der Waals surface area contributed by atoms with Crippen molar-refractivity contribution in [2.45, 2.75) is 18.3 Å². The summed E-state index contributed by atoms with van der Waals surface area (Å²) >= 11 is 3.53. The van der Waals surface area contributed by atoms with E-state index in [4.69, 9.17) is 0 Å². The number of alkyl halides is 1. The third-order valence-corrected chi connectivity index (χ3v) is 2.96. The molecule has 0 saturated heterocycles. The predicted octanol–water partition coefficient (Wildman–Crippen LogP) is 1.58. The first-order valence-electron chi connectivity index (χ1n) is 3.07. The third-order valence-electron chi connectivity index (χ3n) is 1.82. The van der Waals surface area contributed by atoms with Gasteiger partial charge in [0.25, 0.3) is 0 Å². The van der Waals surface area contributed by atoms with Gasteiger partial charge in [0.1, 0.15) is 0 Å². The lowest BCUT2D eigenvalue weighted by molar-refractivity contribution is 0.636. The summed E-state index contributed by atoms with van der Waals surface area (Å²) in [5.41, 5.74) is 0. The van der Waals surface area contributed by atoms with Crippen LogP contribution in [0.4, 0.5) is 0 Å². The van der Waals surface area contributed by atoms with Gasteiger partial charge in [-0.3, -0.25) is 0 Å². The molecule has 1 aliphatic rings. The second-order valence-corrected chi connectivity index (χ2v) is 3.55. The molecule has 0 amide bonds. The maximum Gasteiger partial charge on any atom is 0.0659 e. The van der Waals surface area contributed by atoms with Crippen LogP contribution >= 0.6 is 15.9 Å². The summed E-state index contributed by atoms with van der Waals surface area (Å²) in [5, 5.41) is 3.17. The molecule has 3 unspecified atom stereocenters. The van der Waals surface area contributed by atoms with E-state index < -0.39 is 0 Å². The number of rotatable bonds is 2. The number of hydrogen-bond acceptors (Lipinski definition) is 1. The lowest BCUT2D eigenvalue weighted by Crippen LogP contribution is -2.20. The van der Waals surface area contributed by atoms with Crippen LogP contribution in [-0.2, 0) is 0 Å². The van der Waals surface area contributed by atoms with Crippen LogP contribution in [0.15, 0.2) is 0 Å². The summed E-state index contributed by atoms with van der Waals surface area (Å²) in [6, 6.07) is 0. The highest BCUT2D eigenvalue weighted by Crippen LogP contribution is 2.42. The van der Waals surface area contributed by atoms with Gasteiger partial charge in [-0.25, -0.2) is 0 Å². The van der Waals surface area contributed by atoms with Crippen molar-refractivity contribution in [1.82, 2.24) is 5.32 Å². The molecular weight excluding hydrogens is 166 g/mol. The molecule has 1 fully saturated rings. The van der Waals surface area contributed by atoms with Gasteiger partial charge in [-0.1, -0.05) is 22.9 Å². The Morgan fingerprint density at radius 2 is 2.25 bits per heavy atom. The molecule has 8 heavy (non-hydrogen) atoms. The van der Waals surface area contributed by atoms with Crippen LogP contribution in [0.5, 0.6) is 0 Å². The first-order chi connectivity index (χ1) is 3.75. The Morgan fingerprint density at radius 1 is 1.75 bits per heavy atom. The average Bonchev–Trinajstić information content (AvgIpc) is 2.45. The van der Waals surface area contributed by atoms with Crippen molar-refractivity contribution in [1.29, 1.82) is 0 Å². The minimum Gasteiger partial charge on any atom is -0.308 e. The molecule has 0 spiro atoms. The van der Waals surface area contributed by atoms with Gasteiger partial charge in [0.05, 0.1) is 4.95 Å². The maximum atomic E-state index is 3.53. The molecule has 0 radical (unpaired) electrons. The van der Waals surface area contributed by atoms with E-state index in [1.807, 2.05) is 7.05 Å². The van der Waals surface area contributed by atoms with Gasteiger partial charge in [-0.2, -0.15) is 0 Å². The molecule has 1 N–H and O–H groups in total. The molecule has 0 aromatic heterocycles. The lowest BCUT2D eigenvalue weighted by Gasteiger charge is -2.04. The van der Waals surface area contributed by atoms with E-state index in [0.717, 1.165) is 11.8 Å². The van der Waals surface area contributed by atoms with E-state index in [2.05, 4.69) is 28.2 Å². The fourth-order valence-electron chi connectivity index (χ4n) is 0.973. The molecule has 48 valence electrons. The van der Waals surface area contributed by atoms with E-state index in [1.54, 1.807) is 0 Å². The number of halogens is 1. The van der Waals surface area contributed by atoms with Gasteiger partial charge in [0.15, 0.2) is 0 Å². The van der Waals surface area contributed by atoms with Gasteiger partial charge in [-0.05, 0) is 25.3 Å². The van der Waals surface area contributed by atoms with E-state index in [-0.39, 0.29) is 0 Å². The second kappa shape index (κ2) is 2.36. The van der Waals surface area contributed by atoms with Gasteiger partial charge in [-0.15, -0.1) is 0 Å². The van der Waals surface area contributed by atoms with Crippen LogP contribution in [0, 0.1) is 11.8 Å². The van der Waals surface area contributed by atoms with E-state index in [0.29, 0.717) is 4.95 Å². The van der Waals surface area contributed by atoms with Crippen LogP contribution in [0.2, 0.25) is 0 Å². The average molecular weight is 178 g/mol. The Kier molecular flexibility index (Phi) is 1.93. The highest BCUT2D eigenvalue weighted by Gasteiger charge is 2.37. The number of hydrogen-bond donors (Lipinski definition) is 1. The molecule has 1 saturated carbocycles. The first kappa shape index (κ1) is 6.56. The molecule has 0 heterocycles. The van der Waals surface area contributed by atoms with Crippen molar-refractivity contribution < 1.29 is 0 Å². The summed E-state index contributed by atoms with van der Waals surface area (Å²) in [7, 11) is 1.99. The van der Waals surface area contributed by atoms with E-state index >= 15 is 0 Å². The summed E-state index contributed by atoms with van der Waals surface area (Å²) in [5.74, 6) is 1.83. The van der Waals surface area contributed by atoms with Gasteiger partial charge >= 0.3 is 0 Å². The van der Waals surface area contributed by atoms with Crippen LogP contribution in [0.25, 0.3) is 0 Å². The van der Waals surface area contributed by atoms with Crippen molar-refractivity contribution >= 4 is 15.9 Å². The van der Waals surface area contributed by atoms with Crippen LogP contribution < -0.4 is 5.32 Å². The summed E-state index contributed by atoms with van der Waals surface area (Å²) < 4.78 is 0. The normalized spacial score (nSPS) is 39.4. The van der Waals surface area contributed by atoms with Gasteiger partial charge in [0.2, 0.25) is 0 Å². The van der Waals surface area contributed by atoms with Crippen molar-refractivity contribution in [3.8, 4) is 0 Å². The van der Waals surface area contributed by atoms with Crippen LogP contribution in [0.3, 0.4) is 0 Å². The quantitative estimate of drug-likeness (QED) is 0.500. The zero-order valence-corrected chi connectivity index (χ0v) is 6.90. The molecule has 0 bridgehead atoms. The summed E-state index contributed by atoms with van der Waals surface area (Å²) in [4.78, 5) is 0.553. The standard InChI is InChI=1S/C6H12BrN/c1-4-3-5(4)6(7)8-2/h4-6,8H,3H2,1-2H3. The second-order valence-electron chi connectivity index (χ2n) is 2.57. The molecular formula is C6H12BrN. The molecule has 2 heteroatoms. The Labute approximate surface area is 59.0 Å².